The summed E-state index contributed by atoms with van der Waals surface area (Å²) in [7, 11) is 0. The number of benzene rings is 1. The molecule has 0 radical (unpaired) electrons. The van der Waals surface area contributed by atoms with Crippen molar-refractivity contribution >= 4 is 5.78 Å². The molecule has 0 saturated heterocycles. The molecule has 1 aromatic carbocycles. The molecule has 0 aliphatic heterocycles. The number of nitrogens with zero attached hydrogens (tertiary/aromatic N) is 1. The summed E-state index contributed by atoms with van der Waals surface area (Å²) in [4.78, 5) is 11.0. The van der Waals surface area contributed by atoms with Crippen LogP contribution in [-0.4, -0.2) is 10.9 Å². The highest BCUT2D eigenvalue weighted by Crippen LogP contribution is 2.22. The molecule has 0 amide bonds. The monoisotopic (exact) mass is 175 g/mol. The van der Waals surface area contributed by atoms with Gasteiger partial charge in [0.15, 0.2) is 5.78 Å². The van der Waals surface area contributed by atoms with Crippen molar-refractivity contribution in [2.75, 3.05) is 0 Å². The fourth-order valence-electron chi connectivity index (χ4n) is 1.02. The van der Waals surface area contributed by atoms with Crippen LogP contribution in [0.1, 0.15) is 28.4 Å². The smallest absolute Gasteiger partial charge is 0.159 e. The quantitative estimate of drug-likeness (QED) is 0.661. The van der Waals surface area contributed by atoms with Crippen LogP contribution in [0.15, 0.2) is 12.1 Å². The number of hydrogen-bond acceptors (Lipinski definition) is 3. The molecule has 0 saturated carbocycles. The molecule has 0 atom stereocenters. The molecule has 0 heterocycles. The third-order valence-corrected chi connectivity index (χ3v) is 1.91. The number of rotatable bonds is 1. The minimum atomic E-state index is -0.160. The van der Waals surface area contributed by atoms with Gasteiger partial charge in [0.1, 0.15) is 5.75 Å². The minimum absolute atomic E-state index is 0.00995. The minimum Gasteiger partial charge on any atom is -0.508 e. The van der Waals surface area contributed by atoms with Crippen molar-refractivity contribution in [3.8, 4) is 11.8 Å². The van der Waals surface area contributed by atoms with Gasteiger partial charge in [-0.25, -0.2) is 0 Å². The predicted molar refractivity (Wildman–Crippen MR) is 47.6 cm³/mol. The number of nitriles is 1. The van der Waals surface area contributed by atoms with E-state index in [9.17, 15) is 9.90 Å². The molecular weight excluding hydrogens is 166 g/mol. The van der Waals surface area contributed by atoms with Gasteiger partial charge in [0.2, 0.25) is 0 Å². The first-order valence-electron chi connectivity index (χ1n) is 3.81. The van der Waals surface area contributed by atoms with E-state index in [1.165, 1.54) is 19.1 Å². The summed E-state index contributed by atoms with van der Waals surface area (Å²) in [5.41, 5.74) is 1.21. The second-order valence-electron chi connectivity index (χ2n) is 2.84. The van der Waals surface area contributed by atoms with E-state index in [0.717, 1.165) is 0 Å². The number of hydrogen-bond donors (Lipinski definition) is 1. The average Bonchev–Trinajstić information content (AvgIpc) is 2.09. The van der Waals surface area contributed by atoms with E-state index >= 15 is 0 Å². The SMILES string of the molecule is CC(=O)c1cc(O)c(C)c(C#N)c1. The maximum absolute atomic E-state index is 11.0. The highest BCUT2D eigenvalue weighted by atomic mass is 16.3. The first-order chi connectivity index (χ1) is 6.06. The van der Waals surface area contributed by atoms with Crippen LogP contribution in [0.4, 0.5) is 0 Å². The van der Waals surface area contributed by atoms with Crippen LogP contribution in [0, 0.1) is 18.3 Å². The van der Waals surface area contributed by atoms with Crippen LogP contribution in [0.5, 0.6) is 5.75 Å². The first-order valence-corrected chi connectivity index (χ1v) is 3.81. The summed E-state index contributed by atoms with van der Waals surface area (Å²) in [5.74, 6) is -0.170. The van der Waals surface area contributed by atoms with Crippen molar-refractivity contribution in [3.63, 3.8) is 0 Å². The molecule has 3 heteroatoms. The Morgan fingerprint density at radius 3 is 2.62 bits per heavy atom. The number of phenols is 1. The summed E-state index contributed by atoms with van der Waals surface area (Å²) in [6, 6.07) is 4.78. The molecule has 0 aliphatic carbocycles. The lowest BCUT2D eigenvalue weighted by molar-refractivity contribution is 0.101. The van der Waals surface area contributed by atoms with Gasteiger partial charge in [-0.15, -0.1) is 0 Å². The maximum atomic E-state index is 11.0. The zero-order valence-electron chi connectivity index (χ0n) is 7.46. The molecule has 0 unspecified atom stereocenters. The molecule has 0 bridgehead atoms. The Morgan fingerprint density at radius 2 is 2.15 bits per heavy atom. The molecule has 1 N–H and O–H groups in total. The number of carbonyl (C=O) groups excluding carboxylic acids is 1. The van der Waals surface area contributed by atoms with Gasteiger partial charge in [0.05, 0.1) is 11.6 Å². The van der Waals surface area contributed by atoms with Crippen LogP contribution >= 0.6 is 0 Å². The van der Waals surface area contributed by atoms with Gasteiger partial charge < -0.3 is 5.11 Å². The van der Waals surface area contributed by atoms with E-state index in [1.54, 1.807) is 6.92 Å². The summed E-state index contributed by atoms with van der Waals surface area (Å²) < 4.78 is 0. The van der Waals surface area contributed by atoms with Crippen LogP contribution in [0.2, 0.25) is 0 Å². The average molecular weight is 175 g/mol. The first kappa shape index (κ1) is 9.27. The van der Waals surface area contributed by atoms with Gasteiger partial charge >= 0.3 is 0 Å². The van der Waals surface area contributed by atoms with Gasteiger partial charge in [-0.1, -0.05) is 0 Å². The standard InChI is InChI=1S/C10H9NO2/c1-6-9(5-11)3-8(7(2)12)4-10(6)13/h3-4,13H,1-2H3. The molecule has 1 aromatic rings. The molecule has 13 heavy (non-hydrogen) atoms. The van der Waals surface area contributed by atoms with E-state index in [-0.39, 0.29) is 11.5 Å². The van der Waals surface area contributed by atoms with Crippen molar-refractivity contribution < 1.29 is 9.90 Å². The van der Waals surface area contributed by atoms with E-state index in [2.05, 4.69) is 0 Å². The Balaban J connectivity index is 3.41. The van der Waals surface area contributed by atoms with E-state index in [4.69, 9.17) is 5.26 Å². The lowest BCUT2D eigenvalue weighted by Crippen LogP contribution is -1.94. The molecular formula is C10H9NO2. The van der Waals surface area contributed by atoms with Gasteiger partial charge in [-0.3, -0.25) is 4.79 Å². The lowest BCUT2D eigenvalue weighted by atomic mass is 10.0. The molecule has 0 fully saturated rings. The van der Waals surface area contributed by atoms with Gasteiger partial charge in [0.25, 0.3) is 0 Å². The highest BCUT2D eigenvalue weighted by Gasteiger charge is 2.08. The largest absolute Gasteiger partial charge is 0.508 e. The van der Waals surface area contributed by atoms with Gasteiger partial charge in [0, 0.05) is 11.1 Å². The number of carbonyl (C=O) groups is 1. The Bertz CT molecular complexity index is 402. The van der Waals surface area contributed by atoms with Crippen molar-refractivity contribution in [3.05, 3.63) is 28.8 Å². The van der Waals surface area contributed by atoms with Crippen molar-refractivity contribution in [2.45, 2.75) is 13.8 Å². The third-order valence-electron chi connectivity index (χ3n) is 1.91. The Labute approximate surface area is 76.2 Å². The maximum Gasteiger partial charge on any atom is 0.159 e. The predicted octanol–water partition coefficient (Wildman–Crippen LogP) is 1.77. The summed E-state index contributed by atoms with van der Waals surface area (Å²) in [6.45, 7) is 3.03. The second kappa shape index (κ2) is 3.28. The van der Waals surface area contributed by atoms with Crippen molar-refractivity contribution in [1.82, 2.24) is 0 Å². The zero-order chi connectivity index (χ0) is 10.0. The number of phenolic OH excluding ortho intramolecular Hbond substituents is 1. The normalized spacial score (nSPS) is 9.31. The summed E-state index contributed by atoms with van der Waals surface area (Å²) >= 11 is 0. The Kier molecular flexibility index (Phi) is 2.34. The van der Waals surface area contributed by atoms with Crippen molar-refractivity contribution in [2.24, 2.45) is 0 Å². The summed E-state index contributed by atoms with van der Waals surface area (Å²) in [5, 5.41) is 18.0. The van der Waals surface area contributed by atoms with E-state index in [0.29, 0.717) is 16.7 Å². The fourth-order valence-corrected chi connectivity index (χ4v) is 1.02. The van der Waals surface area contributed by atoms with E-state index in [1.807, 2.05) is 6.07 Å². The van der Waals surface area contributed by atoms with Gasteiger partial charge in [-0.2, -0.15) is 5.26 Å². The third kappa shape index (κ3) is 1.67. The zero-order valence-corrected chi connectivity index (χ0v) is 7.46. The summed E-state index contributed by atoms with van der Waals surface area (Å²) in [6.07, 6.45) is 0. The van der Waals surface area contributed by atoms with E-state index < -0.39 is 0 Å². The lowest BCUT2D eigenvalue weighted by Gasteiger charge is -2.03. The molecule has 66 valence electrons. The molecule has 0 aliphatic rings. The van der Waals surface area contributed by atoms with Crippen LogP contribution in [-0.2, 0) is 0 Å². The number of ketones is 1. The molecule has 3 nitrogen and oxygen atoms in total. The Morgan fingerprint density at radius 1 is 1.54 bits per heavy atom. The number of Topliss-reactive ketones (excluding diaryl/α,β-unsaturated/α-hetero) is 1. The molecule has 0 spiro atoms. The topological polar surface area (TPSA) is 61.1 Å². The Hall–Kier alpha value is -1.82. The van der Waals surface area contributed by atoms with Crippen molar-refractivity contribution in [1.29, 1.82) is 5.26 Å². The number of aromatic hydroxyl groups is 1. The molecule has 1 rings (SSSR count). The second-order valence-corrected chi connectivity index (χ2v) is 2.84. The fraction of sp³-hybridized carbons (Fsp3) is 0.200. The van der Waals surface area contributed by atoms with Crippen LogP contribution in [0.25, 0.3) is 0 Å². The van der Waals surface area contributed by atoms with Crippen LogP contribution in [0.3, 0.4) is 0 Å². The highest BCUT2D eigenvalue weighted by molar-refractivity contribution is 5.95. The van der Waals surface area contributed by atoms with Gasteiger partial charge in [-0.05, 0) is 26.0 Å². The van der Waals surface area contributed by atoms with Crippen LogP contribution < -0.4 is 0 Å². The molecule has 0 aromatic heterocycles.